The zero-order valence-corrected chi connectivity index (χ0v) is 14.0. The highest BCUT2D eigenvalue weighted by atomic mass is 14.4. The summed E-state index contributed by atoms with van der Waals surface area (Å²) >= 11 is 0. The average molecular weight is 268 g/mol. The molecule has 0 heterocycles. The Morgan fingerprint density at radius 3 is 2.10 bits per heavy atom. The molecule has 108 valence electrons. The maximum absolute atomic E-state index is 4.60. The topological polar surface area (TPSA) is 0 Å². The minimum Gasteiger partial charge on any atom is -0.120 e. The van der Waals surface area contributed by atoms with Crippen LogP contribution in [0.2, 0.25) is 0 Å². The third-order valence-electron chi connectivity index (χ3n) is 3.42. The van der Waals surface area contributed by atoms with Crippen LogP contribution in [-0.2, 0) is 5.41 Å². The molecule has 0 spiro atoms. The minimum atomic E-state index is 0.160. The van der Waals surface area contributed by atoms with Crippen molar-refractivity contribution in [3.05, 3.63) is 53.1 Å². The zero-order valence-electron chi connectivity index (χ0n) is 14.0. The first kappa shape index (κ1) is 18.3. The van der Waals surface area contributed by atoms with Crippen molar-refractivity contribution in [1.82, 2.24) is 0 Å². The molecular weight excluding hydrogens is 240 g/mol. The second-order valence-corrected chi connectivity index (χ2v) is 5.00. The molecule has 20 heavy (non-hydrogen) atoms. The Bertz CT molecular complexity index is 519. The summed E-state index contributed by atoms with van der Waals surface area (Å²) in [6.07, 6.45) is 8.97. The van der Waals surface area contributed by atoms with Gasteiger partial charge in [0.15, 0.2) is 0 Å². The Morgan fingerprint density at radius 1 is 1.15 bits per heavy atom. The number of fused-ring (bicyclic) bond motifs is 1. The van der Waals surface area contributed by atoms with Gasteiger partial charge in [0.2, 0.25) is 0 Å². The van der Waals surface area contributed by atoms with E-state index in [1.807, 2.05) is 13.8 Å². The van der Waals surface area contributed by atoms with Crippen LogP contribution in [0.1, 0.15) is 59.6 Å². The van der Waals surface area contributed by atoms with Crippen molar-refractivity contribution in [1.29, 1.82) is 0 Å². The standard InChI is InChI=1S/C15H18.C3H4.C2H6/c1-5-8-13-11(2)12-9-6-7-10-14(12)15(13,3)4;1-3-2;1-2/h5-10H,1-4H3;1H,2H3;1-2H3/b8-5-;;. The van der Waals surface area contributed by atoms with Gasteiger partial charge in [-0.05, 0) is 43.0 Å². The lowest BCUT2D eigenvalue weighted by Crippen LogP contribution is -2.15. The maximum Gasteiger partial charge on any atom is 0.0155 e. The van der Waals surface area contributed by atoms with E-state index in [1.54, 1.807) is 6.92 Å². The second-order valence-electron chi connectivity index (χ2n) is 5.00. The molecule has 0 amide bonds. The van der Waals surface area contributed by atoms with Crippen molar-refractivity contribution < 1.29 is 0 Å². The van der Waals surface area contributed by atoms with Crippen LogP contribution in [0.5, 0.6) is 0 Å². The largest absolute Gasteiger partial charge is 0.120 e. The lowest BCUT2D eigenvalue weighted by Gasteiger charge is -2.22. The number of terminal acetylenes is 1. The van der Waals surface area contributed by atoms with Crippen LogP contribution >= 0.6 is 0 Å². The fourth-order valence-corrected chi connectivity index (χ4v) is 2.61. The van der Waals surface area contributed by atoms with Gasteiger partial charge in [0.1, 0.15) is 0 Å². The van der Waals surface area contributed by atoms with Gasteiger partial charge in [-0.15, -0.1) is 12.3 Å². The van der Waals surface area contributed by atoms with Gasteiger partial charge in [0.25, 0.3) is 0 Å². The smallest absolute Gasteiger partial charge is 0.0155 e. The van der Waals surface area contributed by atoms with Gasteiger partial charge in [0.05, 0.1) is 0 Å². The fraction of sp³-hybridized carbons (Fsp3) is 0.400. The zero-order chi connectivity index (χ0) is 15.8. The van der Waals surface area contributed by atoms with Crippen molar-refractivity contribution >= 4 is 5.57 Å². The van der Waals surface area contributed by atoms with Gasteiger partial charge in [-0.3, -0.25) is 0 Å². The molecule has 0 saturated heterocycles. The first-order valence-corrected chi connectivity index (χ1v) is 7.32. The molecule has 1 aliphatic rings. The third-order valence-corrected chi connectivity index (χ3v) is 3.42. The lowest BCUT2D eigenvalue weighted by molar-refractivity contribution is 0.654. The summed E-state index contributed by atoms with van der Waals surface area (Å²) in [4.78, 5) is 0. The van der Waals surface area contributed by atoms with Gasteiger partial charge in [-0.1, -0.05) is 64.1 Å². The number of rotatable bonds is 1. The summed E-state index contributed by atoms with van der Waals surface area (Å²) in [7, 11) is 0. The highest BCUT2D eigenvalue weighted by Gasteiger charge is 2.33. The fourth-order valence-electron chi connectivity index (χ4n) is 2.61. The van der Waals surface area contributed by atoms with E-state index in [2.05, 4.69) is 76.5 Å². The van der Waals surface area contributed by atoms with E-state index < -0.39 is 0 Å². The second kappa shape index (κ2) is 8.43. The molecule has 0 N–H and O–H groups in total. The van der Waals surface area contributed by atoms with Gasteiger partial charge >= 0.3 is 0 Å². The minimum absolute atomic E-state index is 0.160. The van der Waals surface area contributed by atoms with Crippen LogP contribution in [-0.4, -0.2) is 0 Å². The Morgan fingerprint density at radius 2 is 1.65 bits per heavy atom. The molecule has 0 heteroatoms. The van der Waals surface area contributed by atoms with Crippen LogP contribution in [0.3, 0.4) is 0 Å². The maximum atomic E-state index is 4.60. The van der Waals surface area contributed by atoms with Crippen LogP contribution in [0.15, 0.2) is 42.0 Å². The average Bonchev–Trinajstić information content (AvgIpc) is 2.64. The number of hydrogen-bond donors (Lipinski definition) is 0. The summed E-state index contributed by atoms with van der Waals surface area (Å²) in [5.41, 5.74) is 5.90. The molecule has 1 aromatic carbocycles. The Hall–Kier alpha value is -1.74. The molecule has 0 aliphatic heterocycles. The summed E-state index contributed by atoms with van der Waals surface area (Å²) in [6, 6.07) is 8.72. The highest BCUT2D eigenvalue weighted by molar-refractivity contribution is 5.80. The molecule has 0 unspecified atom stereocenters. The van der Waals surface area contributed by atoms with Crippen molar-refractivity contribution in [2.75, 3.05) is 0 Å². The van der Waals surface area contributed by atoms with E-state index >= 15 is 0 Å². The van der Waals surface area contributed by atoms with Crippen LogP contribution in [0.25, 0.3) is 5.57 Å². The summed E-state index contributed by atoms with van der Waals surface area (Å²) in [5.74, 6) is 2.25. The van der Waals surface area contributed by atoms with Crippen LogP contribution < -0.4 is 0 Å². The predicted octanol–water partition coefficient (Wildman–Crippen LogP) is 5.99. The Labute approximate surface area is 125 Å². The molecule has 1 aliphatic carbocycles. The summed E-state index contributed by atoms with van der Waals surface area (Å²) in [6.45, 7) is 14.6. The van der Waals surface area contributed by atoms with Gasteiger partial charge in [0, 0.05) is 5.41 Å². The van der Waals surface area contributed by atoms with Crippen molar-refractivity contribution in [2.24, 2.45) is 0 Å². The van der Waals surface area contributed by atoms with E-state index in [0.717, 1.165) is 0 Å². The summed E-state index contributed by atoms with van der Waals surface area (Å²) < 4.78 is 0. The SMILES string of the molecule is C#CC.C/C=C\C1=C(C)c2ccccc2C1(C)C.CC. The molecule has 0 saturated carbocycles. The molecule has 1 aromatic rings. The molecule has 0 fully saturated rings. The summed E-state index contributed by atoms with van der Waals surface area (Å²) in [5, 5.41) is 0. The number of hydrogen-bond acceptors (Lipinski definition) is 0. The van der Waals surface area contributed by atoms with Crippen molar-refractivity contribution in [3.63, 3.8) is 0 Å². The lowest BCUT2D eigenvalue weighted by atomic mass is 9.81. The highest BCUT2D eigenvalue weighted by Crippen LogP contribution is 2.46. The molecule has 0 radical (unpaired) electrons. The molecule has 0 aromatic heterocycles. The van der Waals surface area contributed by atoms with E-state index in [4.69, 9.17) is 0 Å². The van der Waals surface area contributed by atoms with E-state index in [-0.39, 0.29) is 5.41 Å². The Balaban J connectivity index is 0.000000641. The van der Waals surface area contributed by atoms with Gasteiger partial charge < -0.3 is 0 Å². The van der Waals surface area contributed by atoms with E-state index in [9.17, 15) is 0 Å². The van der Waals surface area contributed by atoms with Crippen molar-refractivity contribution in [3.8, 4) is 12.3 Å². The molecule has 0 atom stereocenters. The van der Waals surface area contributed by atoms with Crippen LogP contribution in [0.4, 0.5) is 0 Å². The molecular formula is C20H28. The quantitative estimate of drug-likeness (QED) is 0.548. The monoisotopic (exact) mass is 268 g/mol. The Kier molecular flexibility index (Phi) is 7.70. The molecule has 2 rings (SSSR count). The van der Waals surface area contributed by atoms with Crippen LogP contribution in [0, 0.1) is 12.3 Å². The normalized spacial score (nSPS) is 14.7. The van der Waals surface area contributed by atoms with E-state index in [1.165, 1.54) is 22.3 Å². The molecule has 0 bridgehead atoms. The molecule has 0 nitrogen and oxygen atoms in total. The third kappa shape index (κ3) is 3.64. The first-order valence-electron chi connectivity index (χ1n) is 7.32. The predicted molar refractivity (Wildman–Crippen MR) is 92.7 cm³/mol. The van der Waals surface area contributed by atoms with E-state index in [0.29, 0.717) is 0 Å². The van der Waals surface area contributed by atoms with Crippen molar-refractivity contribution in [2.45, 2.75) is 53.9 Å². The number of allylic oxidation sites excluding steroid dienone is 4. The van der Waals surface area contributed by atoms with Gasteiger partial charge in [-0.25, -0.2) is 0 Å². The first-order chi connectivity index (χ1) is 9.50. The van der Waals surface area contributed by atoms with Gasteiger partial charge in [-0.2, -0.15) is 0 Å². The number of benzene rings is 1.